The summed E-state index contributed by atoms with van der Waals surface area (Å²) < 4.78 is 5.36. The van der Waals surface area contributed by atoms with Crippen LogP contribution in [0.3, 0.4) is 0 Å². The summed E-state index contributed by atoms with van der Waals surface area (Å²) in [7, 11) is 0. The van der Waals surface area contributed by atoms with E-state index in [9.17, 15) is 4.91 Å². The van der Waals surface area contributed by atoms with Gasteiger partial charge in [-0.1, -0.05) is 35.9 Å². The molecule has 3 N–H and O–H groups in total. The zero-order valence-corrected chi connectivity index (χ0v) is 17.2. The molecule has 0 amide bonds. The van der Waals surface area contributed by atoms with Gasteiger partial charge in [-0.15, -0.1) is 0 Å². The van der Waals surface area contributed by atoms with E-state index in [2.05, 4.69) is 20.3 Å². The van der Waals surface area contributed by atoms with Crippen LogP contribution in [0.5, 0.6) is 0 Å². The van der Waals surface area contributed by atoms with Crippen LogP contribution in [0.15, 0.2) is 71.3 Å². The van der Waals surface area contributed by atoms with Gasteiger partial charge in [0.05, 0.1) is 12.8 Å². The molecule has 0 radical (unpaired) electrons. The minimum atomic E-state index is 0. The number of rotatable bonds is 8. The van der Waals surface area contributed by atoms with Crippen molar-refractivity contribution >= 4 is 23.2 Å². The minimum absolute atomic E-state index is 0. The lowest BCUT2D eigenvalue weighted by Gasteiger charge is -2.09. The molecule has 0 saturated heterocycles. The number of nitroso groups, excluding NO2 is 1. The minimum Gasteiger partial charge on any atom is -0.870 e. The molecule has 0 aliphatic heterocycles. The molecule has 8 nitrogen and oxygen atoms in total. The molecule has 0 aliphatic carbocycles. The van der Waals surface area contributed by atoms with Crippen LogP contribution in [-0.4, -0.2) is 20.4 Å². The van der Waals surface area contributed by atoms with E-state index in [1.54, 1.807) is 18.4 Å². The van der Waals surface area contributed by atoms with Gasteiger partial charge in [0.15, 0.2) is 0 Å². The average Bonchev–Trinajstić information content (AvgIpc) is 3.28. The average molecular weight is 438 g/mol. The number of anilines is 1. The highest BCUT2D eigenvalue weighted by molar-refractivity contribution is 6.30. The molecule has 31 heavy (non-hydrogen) atoms. The van der Waals surface area contributed by atoms with Crippen molar-refractivity contribution in [3.05, 3.63) is 105 Å². The van der Waals surface area contributed by atoms with Crippen LogP contribution >= 0.6 is 11.6 Å². The van der Waals surface area contributed by atoms with Gasteiger partial charge in [-0.3, -0.25) is 0 Å². The molecule has 4 aromatic rings. The maximum absolute atomic E-state index is 10.7. The van der Waals surface area contributed by atoms with Gasteiger partial charge in [-0.2, -0.15) is 9.97 Å². The van der Waals surface area contributed by atoms with Gasteiger partial charge in [0.25, 0.3) is 5.69 Å². The Hall–Kier alpha value is -3.62. The second-order valence-electron chi connectivity index (χ2n) is 6.70. The fourth-order valence-electron chi connectivity index (χ4n) is 2.94. The highest BCUT2D eigenvalue weighted by Crippen LogP contribution is 2.15. The second-order valence-corrected chi connectivity index (χ2v) is 7.14. The van der Waals surface area contributed by atoms with Crippen LogP contribution in [-0.2, 0) is 19.4 Å². The molecule has 2 heterocycles. The molecular weight excluding hydrogens is 418 g/mol. The number of benzene rings is 2. The van der Waals surface area contributed by atoms with E-state index in [0.29, 0.717) is 47.7 Å². The Morgan fingerprint density at radius 3 is 2.03 bits per heavy atom. The standard InChI is InChI=1S/C22H18ClN5O2.H2O/c23-17-7-3-15(4-8-17)12-20-25-21(13-16-5-9-18(28-29)10-6-16)27-22(26-20)24-14-19-2-1-11-30-19;/h1-11H,12-14H2,(H,24,25,26,27);1H2. The third kappa shape index (κ3) is 6.18. The zero-order chi connectivity index (χ0) is 20.8. The predicted octanol–water partition coefficient (Wildman–Crippen LogP) is 3.21. The summed E-state index contributed by atoms with van der Waals surface area (Å²) in [5, 5.41) is 5.76. The number of furan rings is 1. The summed E-state index contributed by atoms with van der Waals surface area (Å²) in [6.45, 7) is 0.473. The van der Waals surface area contributed by atoms with Crippen LogP contribution in [0.2, 0.25) is 5.02 Å². The molecule has 2 aromatic heterocycles. The van der Waals surface area contributed by atoms with Gasteiger partial charge in [-0.25, -0.2) is 4.98 Å². The second kappa shape index (κ2) is 10.4. The largest absolute Gasteiger partial charge is 0.870 e. The highest BCUT2D eigenvalue weighted by Gasteiger charge is 2.10. The normalized spacial score (nSPS) is 10.4. The number of halogens is 1. The summed E-state index contributed by atoms with van der Waals surface area (Å²) in [6.07, 6.45) is 2.70. The quantitative estimate of drug-likeness (QED) is 0.433. The van der Waals surface area contributed by atoms with Crippen molar-refractivity contribution in [2.45, 2.75) is 19.4 Å². The lowest BCUT2D eigenvalue weighted by atomic mass is 10.1. The van der Waals surface area contributed by atoms with Gasteiger partial charge in [0, 0.05) is 40.1 Å². The lowest BCUT2D eigenvalue weighted by molar-refractivity contribution is -0.379. The summed E-state index contributed by atoms with van der Waals surface area (Å²) in [5.74, 6) is 2.57. The first-order valence-corrected chi connectivity index (χ1v) is 9.77. The van der Waals surface area contributed by atoms with Crippen molar-refractivity contribution in [1.29, 1.82) is 0 Å². The van der Waals surface area contributed by atoms with Gasteiger partial charge in [-0.05, 0) is 35.4 Å². The number of aromatic nitrogens is 3. The number of nitrogens with zero attached hydrogens (tertiary/aromatic N) is 3. The fraction of sp³-hybridized carbons (Fsp3) is 0.136. The summed E-state index contributed by atoms with van der Waals surface area (Å²) in [6, 6.07) is 18.5. The molecule has 0 aliphatic rings. The van der Waals surface area contributed by atoms with E-state index in [1.807, 2.05) is 53.7 Å². The van der Waals surface area contributed by atoms with Crippen LogP contribution in [0, 0.1) is 4.91 Å². The van der Waals surface area contributed by atoms with Crippen LogP contribution in [0.1, 0.15) is 28.5 Å². The van der Waals surface area contributed by atoms with Crippen molar-refractivity contribution in [2.24, 2.45) is 0 Å². The number of hydrogen-bond acceptors (Lipinski definition) is 7. The molecule has 0 fully saturated rings. The van der Waals surface area contributed by atoms with Crippen LogP contribution in [0.4, 0.5) is 11.6 Å². The van der Waals surface area contributed by atoms with Gasteiger partial charge in [0.1, 0.15) is 17.4 Å². The van der Waals surface area contributed by atoms with Gasteiger partial charge >= 0.3 is 0 Å². The number of hydrogen-bond donors (Lipinski definition) is 2. The SMILES string of the molecule is O=[NH+]c1ccc(Cc2nc(Cc3ccc(Cl)cc3)nc(NCc3ccco3)n2)cc1.[OH-]. The first-order valence-electron chi connectivity index (χ1n) is 9.39. The Balaban J connectivity index is 0.00000272. The fourth-order valence-corrected chi connectivity index (χ4v) is 3.07. The molecule has 0 atom stereocenters. The first-order chi connectivity index (χ1) is 14.7. The van der Waals surface area contributed by atoms with E-state index in [-0.39, 0.29) is 5.48 Å². The van der Waals surface area contributed by atoms with E-state index in [0.717, 1.165) is 16.9 Å². The third-order valence-corrected chi connectivity index (χ3v) is 4.69. The highest BCUT2D eigenvalue weighted by atomic mass is 35.5. The topological polar surface area (TPSA) is 125 Å². The molecule has 0 saturated carbocycles. The van der Waals surface area contributed by atoms with E-state index >= 15 is 0 Å². The first kappa shape index (κ1) is 22.1. The predicted molar refractivity (Wildman–Crippen MR) is 115 cm³/mol. The molecule has 4 rings (SSSR count). The molecule has 0 unspecified atom stereocenters. The Kier molecular flexibility index (Phi) is 7.42. The molecular formula is C22H20ClN5O3. The smallest absolute Gasteiger partial charge is 0.253 e. The Morgan fingerprint density at radius 1 is 0.871 bits per heavy atom. The van der Waals surface area contributed by atoms with Gasteiger partial charge in [0.2, 0.25) is 5.95 Å². The molecule has 0 bridgehead atoms. The Labute approximate surface area is 183 Å². The van der Waals surface area contributed by atoms with Crippen LogP contribution < -0.4 is 10.5 Å². The monoisotopic (exact) mass is 437 g/mol. The van der Waals surface area contributed by atoms with Crippen molar-refractivity contribution < 1.29 is 15.1 Å². The van der Waals surface area contributed by atoms with E-state index in [1.165, 1.54) is 0 Å². The van der Waals surface area contributed by atoms with Crippen molar-refractivity contribution in [2.75, 3.05) is 5.32 Å². The summed E-state index contributed by atoms with van der Waals surface area (Å²) >= 11 is 5.98. The number of nitrogens with one attached hydrogen (secondary N) is 2. The molecule has 158 valence electrons. The zero-order valence-electron chi connectivity index (χ0n) is 16.5. The van der Waals surface area contributed by atoms with Crippen molar-refractivity contribution in [3.8, 4) is 0 Å². The lowest BCUT2D eigenvalue weighted by Crippen LogP contribution is -2.55. The van der Waals surface area contributed by atoms with Crippen molar-refractivity contribution in [1.82, 2.24) is 15.0 Å². The third-order valence-electron chi connectivity index (χ3n) is 4.44. The van der Waals surface area contributed by atoms with E-state index in [4.69, 9.17) is 16.0 Å². The summed E-state index contributed by atoms with van der Waals surface area (Å²) in [4.78, 5) is 24.5. The Morgan fingerprint density at radius 2 is 1.48 bits per heavy atom. The molecule has 2 aromatic carbocycles. The van der Waals surface area contributed by atoms with Gasteiger partial charge < -0.3 is 15.2 Å². The Bertz CT molecular complexity index is 1120. The maximum atomic E-state index is 10.7. The maximum Gasteiger partial charge on any atom is 0.253 e. The molecule has 0 spiro atoms. The van der Waals surface area contributed by atoms with Crippen LogP contribution in [0.25, 0.3) is 0 Å². The summed E-state index contributed by atoms with van der Waals surface area (Å²) in [5.41, 5.74) is 2.56. The van der Waals surface area contributed by atoms with Crippen molar-refractivity contribution in [3.63, 3.8) is 0 Å². The molecule has 9 heteroatoms. The van der Waals surface area contributed by atoms with E-state index < -0.39 is 0 Å².